The number of carbonyl (C=O) groups is 1. The van der Waals surface area contributed by atoms with Crippen LogP contribution in [0.3, 0.4) is 0 Å². The lowest BCUT2D eigenvalue weighted by Gasteiger charge is -2.01. The second-order valence-corrected chi connectivity index (χ2v) is 4.99. The van der Waals surface area contributed by atoms with E-state index in [1.807, 2.05) is 6.08 Å². The molecule has 2 nitrogen and oxygen atoms in total. The standard InChI is InChI=1S/C16H31NO/c1-3-4-5-6-7-8-9-10-11-12-13-14-15-16(18)17-2/h14-15H,3-13H2,1-2H3,(H,17,18)/b15-14+. The van der Waals surface area contributed by atoms with E-state index in [-0.39, 0.29) is 5.91 Å². The van der Waals surface area contributed by atoms with Gasteiger partial charge < -0.3 is 5.32 Å². The maximum Gasteiger partial charge on any atom is 0.243 e. The molecule has 0 aromatic heterocycles. The van der Waals surface area contributed by atoms with Crippen molar-refractivity contribution in [3.8, 4) is 0 Å². The summed E-state index contributed by atoms with van der Waals surface area (Å²) in [5.41, 5.74) is 0. The normalized spacial score (nSPS) is 11.0. The Morgan fingerprint density at radius 2 is 1.39 bits per heavy atom. The zero-order valence-electron chi connectivity index (χ0n) is 12.3. The number of hydrogen-bond donors (Lipinski definition) is 1. The second kappa shape index (κ2) is 14.3. The van der Waals surface area contributed by atoms with Gasteiger partial charge in [-0.05, 0) is 18.9 Å². The molecule has 18 heavy (non-hydrogen) atoms. The van der Waals surface area contributed by atoms with E-state index in [9.17, 15) is 4.79 Å². The zero-order valence-corrected chi connectivity index (χ0v) is 12.3. The lowest BCUT2D eigenvalue weighted by atomic mass is 10.1. The summed E-state index contributed by atoms with van der Waals surface area (Å²) in [4.78, 5) is 10.9. The van der Waals surface area contributed by atoms with Gasteiger partial charge in [-0.3, -0.25) is 4.79 Å². The van der Waals surface area contributed by atoms with Gasteiger partial charge in [0.15, 0.2) is 0 Å². The van der Waals surface area contributed by atoms with Gasteiger partial charge in [0.25, 0.3) is 0 Å². The lowest BCUT2D eigenvalue weighted by Crippen LogP contribution is -2.13. The third kappa shape index (κ3) is 13.3. The van der Waals surface area contributed by atoms with E-state index < -0.39 is 0 Å². The molecule has 106 valence electrons. The van der Waals surface area contributed by atoms with Crippen LogP contribution in [0.15, 0.2) is 12.2 Å². The largest absolute Gasteiger partial charge is 0.356 e. The van der Waals surface area contributed by atoms with Gasteiger partial charge in [0.2, 0.25) is 5.91 Å². The summed E-state index contributed by atoms with van der Waals surface area (Å²) >= 11 is 0. The first-order valence-corrected chi connectivity index (χ1v) is 7.69. The van der Waals surface area contributed by atoms with Crippen LogP contribution < -0.4 is 5.32 Å². The van der Waals surface area contributed by atoms with E-state index in [4.69, 9.17) is 0 Å². The maximum absolute atomic E-state index is 10.9. The van der Waals surface area contributed by atoms with Crippen molar-refractivity contribution in [3.05, 3.63) is 12.2 Å². The Hall–Kier alpha value is -0.790. The molecular weight excluding hydrogens is 222 g/mol. The lowest BCUT2D eigenvalue weighted by molar-refractivity contribution is -0.116. The Labute approximate surface area is 113 Å². The summed E-state index contributed by atoms with van der Waals surface area (Å²) in [6.07, 6.45) is 18.3. The topological polar surface area (TPSA) is 29.1 Å². The minimum absolute atomic E-state index is 0.00193. The number of unbranched alkanes of at least 4 members (excludes halogenated alkanes) is 10. The van der Waals surface area contributed by atoms with Gasteiger partial charge in [0.1, 0.15) is 0 Å². The molecule has 2 heteroatoms. The van der Waals surface area contributed by atoms with E-state index in [1.54, 1.807) is 13.1 Å². The monoisotopic (exact) mass is 253 g/mol. The van der Waals surface area contributed by atoms with Crippen molar-refractivity contribution < 1.29 is 4.79 Å². The average molecular weight is 253 g/mol. The molecule has 0 bridgehead atoms. The highest BCUT2D eigenvalue weighted by Gasteiger charge is 1.92. The van der Waals surface area contributed by atoms with Crippen LogP contribution in [-0.4, -0.2) is 13.0 Å². The Morgan fingerprint density at radius 1 is 0.889 bits per heavy atom. The highest BCUT2D eigenvalue weighted by molar-refractivity contribution is 5.87. The summed E-state index contributed by atoms with van der Waals surface area (Å²) in [6.45, 7) is 2.26. The van der Waals surface area contributed by atoms with Gasteiger partial charge in [0, 0.05) is 7.05 Å². The van der Waals surface area contributed by atoms with Gasteiger partial charge in [-0.2, -0.15) is 0 Å². The number of amides is 1. The average Bonchev–Trinajstić information content (AvgIpc) is 2.39. The van der Waals surface area contributed by atoms with Crippen molar-refractivity contribution in [1.82, 2.24) is 5.32 Å². The van der Waals surface area contributed by atoms with Crippen molar-refractivity contribution in [2.75, 3.05) is 7.05 Å². The third-order valence-electron chi connectivity index (χ3n) is 3.24. The molecular formula is C16H31NO. The van der Waals surface area contributed by atoms with Crippen LogP contribution in [0.25, 0.3) is 0 Å². The highest BCUT2D eigenvalue weighted by atomic mass is 16.1. The minimum atomic E-state index is 0.00193. The number of carbonyl (C=O) groups excluding carboxylic acids is 1. The summed E-state index contributed by atoms with van der Waals surface area (Å²) in [6, 6.07) is 0. The molecule has 0 atom stereocenters. The van der Waals surface area contributed by atoms with E-state index in [0.717, 1.165) is 6.42 Å². The van der Waals surface area contributed by atoms with Gasteiger partial charge in [-0.25, -0.2) is 0 Å². The van der Waals surface area contributed by atoms with E-state index in [0.29, 0.717) is 0 Å². The third-order valence-corrected chi connectivity index (χ3v) is 3.24. The maximum atomic E-state index is 10.9. The SMILES string of the molecule is CCCCCCCCCCCC/C=C/C(=O)NC. The minimum Gasteiger partial charge on any atom is -0.356 e. The Kier molecular flexibility index (Phi) is 13.6. The van der Waals surface area contributed by atoms with Gasteiger partial charge in [-0.15, -0.1) is 0 Å². The first-order valence-electron chi connectivity index (χ1n) is 7.69. The molecule has 0 aromatic rings. The molecule has 0 saturated heterocycles. The molecule has 0 aliphatic rings. The molecule has 0 spiro atoms. The molecule has 0 aromatic carbocycles. The van der Waals surface area contributed by atoms with Crippen molar-refractivity contribution in [1.29, 1.82) is 0 Å². The predicted octanol–water partition coefficient (Wildman–Crippen LogP) is 4.60. The van der Waals surface area contributed by atoms with Crippen molar-refractivity contribution in [2.24, 2.45) is 0 Å². The van der Waals surface area contributed by atoms with Gasteiger partial charge in [0.05, 0.1) is 0 Å². The van der Waals surface area contributed by atoms with Crippen molar-refractivity contribution >= 4 is 5.91 Å². The van der Waals surface area contributed by atoms with Gasteiger partial charge >= 0.3 is 0 Å². The van der Waals surface area contributed by atoms with E-state index in [1.165, 1.54) is 64.2 Å². The molecule has 0 unspecified atom stereocenters. The molecule has 1 N–H and O–H groups in total. The first-order chi connectivity index (χ1) is 8.81. The van der Waals surface area contributed by atoms with Gasteiger partial charge in [-0.1, -0.05) is 70.8 Å². The smallest absolute Gasteiger partial charge is 0.243 e. The predicted molar refractivity (Wildman–Crippen MR) is 79.7 cm³/mol. The summed E-state index contributed by atoms with van der Waals surface area (Å²) in [7, 11) is 1.66. The molecule has 0 aliphatic carbocycles. The molecule has 0 radical (unpaired) electrons. The Bertz CT molecular complexity index is 211. The fraction of sp³-hybridized carbons (Fsp3) is 0.812. The van der Waals surface area contributed by atoms with Crippen LogP contribution in [0.4, 0.5) is 0 Å². The number of hydrogen-bond acceptors (Lipinski definition) is 1. The zero-order chi connectivity index (χ0) is 13.5. The molecule has 0 rings (SSSR count). The Morgan fingerprint density at radius 3 is 1.89 bits per heavy atom. The van der Waals surface area contributed by atoms with Crippen molar-refractivity contribution in [2.45, 2.75) is 77.6 Å². The number of nitrogens with one attached hydrogen (secondary N) is 1. The molecule has 1 amide bonds. The van der Waals surface area contributed by atoms with E-state index >= 15 is 0 Å². The van der Waals surface area contributed by atoms with Crippen LogP contribution in [-0.2, 0) is 4.79 Å². The first kappa shape index (κ1) is 17.2. The highest BCUT2D eigenvalue weighted by Crippen LogP contribution is 2.11. The second-order valence-electron chi connectivity index (χ2n) is 4.99. The summed E-state index contributed by atoms with van der Waals surface area (Å²) < 4.78 is 0. The fourth-order valence-corrected chi connectivity index (χ4v) is 2.02. The number of allylic oxidation sites excluding steroid dienone is 1. The molecule has 0 aliphatic heterocycles. The van der Waals surface area contributed by atoms with Crippen LogP contribution in [0.5, 0.6) is 0 Å². The molecule has 0 fully saturated rings. The Balaban J connectivity index is 3.07. The van der Waals surface area contributed by atoms with Crippen LogP contribution >= 0.6 is 0 Å². The van der Waals surface area contributed by atoms with Crippen molar-refractivity contribution in [3.63, 3.8) is 0 Å². The number of likely N-dealkylation sites (N-methyl/N-ethyl adjacent to an activating group) is 1. The van der Waals surface area contributed by atoms with E-state index in [2.05, 4.69) is 12.2 Å². The van der Waals surface area contributed by atoms with Crippen LogP contribution in [0.1, 0.15) is 77.6 Å². The quantitative estimate of drug-likeness (QED) is 0.400. The molecule has 0 heterocycles. The fourth-order valence-electron chi connectivity index (χ4n) is 2.02. The summed E-state index contributed by atoms with van der Waals surface area (Å²) in [5.74, 6) is 0.00193. The molecule has 0 saturated carbocycles. The number of rotatable bonds is 12. The summed E-state index contributed by atoms with van der Waals surface area (Å²) in [5, 5.41) is 2.58. The van der Waals surface area contributed by atoms with Crippen LogP contribution in [0.2, 0.25) is 0 Å². The van der Waals surface area contributed by atoms with Crippen LogP contribution in [0, 0.1) is 0 Å².